The molecule has 1 aliphatic heterocycles. The van der Waals surface area contributed by atoms with Crippen molar-refractivity contribution in [3.05, 3.63) is 80.7 Å². The summed E-state index contributed by atoms with van der Waals surface area (Å²) in [6, 6.07) is 13.8. The molecule has 2 heterocycles. The third-order valence-electron chi connectivity index (χ3n) is 6.19. The van der Waals surface area contributed by atoms with E-state index in [1.165, 1.54) is 30.0 Å². The molecule has 1 saturated heterocycles. The highest BCUT2D eigenvalue weighted by Crippen LogP contribution is 2.25. The number of hydrogen-bond donors (Lipinski definition) is 1. The van der Waals surface area contributed by atoms with Crippen LogP contribution in [-0.2, 0) is 6.42 Å². The summed E-state index contributed by atoms with van der Waals surface area (Å²) in [5.41, 5.74) is 4.64. The van der Waals surface area contributed by atoms with Crippen LogP contribution >= 0.6 is 0 Å². The monoisotopic (exact) mass is 418 g/mol. The summed E-state index contributed by atoms with van der Waals surface area (Å²) in [5, 5.41) is 3.53. The molecule has 5 nitrogen and oxygen atoms in total. The molecule has 0 saturated carbocycles. The second-order valence-corrected chi connectivity index (χ2v) is 8.50. The molecule has 0 bridgehead atoms. The predicted molar refractivity (Wildman–Crippen MR) is 124 cm³/mol. The van der Waals surface area contributed by atoms with E-state index in [9.17, 15) is 9.59 Å². The highest BCUT2D eigenvalue weighted by Gasteiger charge is 2.25. The van der Waals surface area contributed by atoms with Gasteiger partial charge in [0.05, 0.1) is 11.4 Å². The lowest BCUT2D eigenvalue weighted by Gasteiger charge is -2.28. The summed E-state index contributed by atoms with van der Waals surface area (Å²) in [4.78, 5) is 27.9. The van der Waals surface area contributed by atoms with Gasteiger partial charge >= 0.3 is 0 Å². The minimum atomic E-state index is -0.353. The summed E-state index contributed by atoms with van der Waals surface area (Å²) in [5.74, 6) is -0.292. The van der Waals surface area contributed by atoms with Gasteiger partial charge in [0, 0.05) is 12.6 Å². The Hall–Kier alpha value is -2.92. The first-order chi connectivity index (χ1) is 15.0. The third-order valence-corrected chi connectivity index (χ3v) is 6.19. The van der Waals surface area contributed by atoms with E-state index in [4.69, 9.17) is 4.42 Å². The van der Waals surface area contributed by atoms with Crippen molar-refractivity contribution in [3.8, 4) is 0 Å². The van der Waals surface area contributed by atoms with E-state index in [-0.39, 0.29) is 23.1 Å². The largest absolute Gasteiger partial charge is 0.450 e. The quantitative estimate of drug-likeness (QED) is 0.638. The van der Waals surface area contributed by atoms with E-state index in [0.29, 0.717) is 17.5 Å². The molecule has 1 fully saturated rings. The lowest BCUT2D eigenvalue weighted by Crippen LogP contribution is -2.37. The number of nitrogens with one attached hydrogen (secondary N) is 1. The van der Waals surface area contributed by atoms with Crippen molar-refractivity contribution in [2.45, 2.75) is 46.1 Å². The van der Waals surface area contributed by atoms with Crippen LogP contribution in [0.15, 0.2) is 51.7 Å². The Morgan fingerprint density at radius 2 is 1.81 bits per heavy atom. The van der Waals surface area contributed by atoms with Gasteiger partial charge in [-0.2, -0.15) is 0 Å². The zero-order chi connectivity index (χ0) is 22.0. The molecule has 2 aromatic carbocycles. The number of amides is 1. The number of carbonyl (C=O) groups excluding carboxylic acids is 1. The van der Waals surface area contributed by atoms with Crippen LogP contribution in [0.4, 0.5) is 0 Å². The Balaban J connectivity index is 1.56. The maximum absolute atomic E-state index is 12.9. The second kappa shape index (κ2) is 9.06. The fraction of sp³-hybridized carbons (Fsp3) is 0.385. The summed E-state index contributed by atoms with van der Waals surface area (Å²) in [6.07, 6.45) is 3.36. The number of likely N-dealkylation sites (tertiary alicyclic amines) is 1. The molecule has 4 rings (SSSR count). The lowest BCUT2D eigenvalue weighted by atomic mass is 10.0. The van der Waals surface area contributed by atoms with Gasteiger partial charge in [-0.1, -0.05) is 37.3 Å². The SMILES string of the molecule is CCc1ccc([C@H](CNC(=O)c2cc(=O)c3cc(C)cc(C)c3o2)N2CCCC2)cc1. The van der Waals surface area contributed by atoms with Gasteiger partial charge in [-0.05, 0) is 74.5 Å². The number of benzene rings is 2. The predicted octanol–water partition coefficient (Wildman–Crippen LogP) is 4.54. The molecule has 31 heavy (non-hydrogen) atoms. The van der Waals surface area contributed by atoms with E-state index in [1.54, 1.807) is 6.07 Å². The first-order valence-electron chi connectivity index (χ1n) is 11.1. The minimum Gasteiger partial charge on any atom is -0.450 e. The van der Waals surface area contributed by atoms with Gasteiger partial charge in [-0.3, -0.25) is 14.5 Å². The molecule has 0 radical (unpaired) electrons. The Morgan fingerprint density at radius 1 is 1.10 bits per heavy atom. The Kier molecular flexibility index (Phi) is 6.23. The van der Waals surface area contributed by atoms with Crippen molar-refractivity contribution in [3.63, 3.8) is 0 Å². The van der Waals surface area contributed by atoms with E-state index >= 15 is 0 Å². The molecule has 1 atom stereocenters. The number of aryl methyl sites for hydroxylation is 3. The van der Waals surface area contributed by atoms with E-state index < -0.39 is 0 Å². The van der Waals surface area contributed by atoms with Gasteiger partial charge in [-0.25, -0.2) is 0 Å². The maximum atomic E-state index is 12.9. The van der Waals surface area contributed by atoms with Gasteiger partial charge in [0.25, 0.3) is 5.91 Å². The van der Waals surface area contributed by atoms with Crippen LogP contribution in [0.3, 0.4) is 0 Å². The third kappa shape index (κ3) is 4.57. The standard InChI is InChI=1S/C26H30N2O3/c1-4-19-7-9-20(10-8-19)22(28-11-5-6-12-28)16-27-26(30)24-15-23(29)21-14-17(2)13-18(3)25(21)31-24/h7-10,13-15,22H,4-6,11-12,16H2,1-3H3,(H,27,30)/t22-/m0/s1. The normalized spacial score (nSPS) is 15.3. The maximum Gasteiger partial charge on any atom is 0.287 e. The van der Waals surface area contributed by atoms with Gasteiger partial charge in [0.15, 0.2) is 11.2 Å². The van der Waals surface area contributed by atoms with Gasteiger partial charge < -0.3 is 9.73 Å². The number of rotatable bonds is 6. The van der Waals surface area contributed by atoms with Crippen LogP contribution in [0.5, 0.6) is 0 Å². The first-order valence-corrected chi connectivity index (χ1v) is 11.1. The zero-order valence-corrected chi connectivity index (χ0v) is 18.5. The van der Waals surface area contributed by atoms with Crippen molar-refractivity contribution in [2.24, 2.45) is 0 Å². The average molecular weight is 419 g/mol. The molecule has 0 unspecified atom stereocenters. The molecule has 1 N–H and O–H groups in total. The van der Waals surface area contributed by atoms with Gasteiger partial charge in [-0.15, -0.1) is 0 Å². The fourth-order valence-corrected chi connectivity index (χ4v) is 4.48. The molecule has 0 aliphatic carbocycles. The van der Waals surface area contributed by atoms with Gasteiger partial charge in [0.2, 0.25) is 0 Å². The highest BCUT2D eigenvalue weighted by atomic mass is 16.3. The molecule has 0 spiro atoms. The minimum absolute atomic E-state index is 0.0611. The van der Waals surface area contributed by atoms with Crippen molar-refractivity contribution < 1.29 is 9.21 Å². The van der Waals surface area contributed by atoms with Crippen LogP contribution in [0.25, 0.3) is 11.0 Å². The van der Waals surface area contributed by atoms with Crippen molar-refractivity contribution >= 4 is 16.9 Å². The highest BCUT2D eigenvalue weighted by molar-refractivity contribution is 5.93. The average Bonchev–Trinajstić information content (AvgIpc) is 3.29. The van der Waals surface area contributed by atoms with Crippen molar-refractivity contribution in [2.75, 3.05) is 19.6 Å². The summed E-state index contributed by atoms with van der Waals surface area (Å²) in [6.45, 7) is 8.51. The van der Waals surface area contributed by atoms with Crippen LogP contribution < -0.4 is 10.7 Å². The van der Waals surface area contributed by atoms with E-state index in [2.05, 4.69) is 41.4 Å². The second-order valence-electron chi connectivity index (χ2n) is 8.50. The van der Waals surface area contributed by atoms with E-state index in [0.717, 1.165) is 30.6 Å². The number of fused-ring (bicyclic) bond motifs is 1. The van der Waals surface area contributed by atoms with Crippen LogP contribution in [0.2, 0.25) is 0 Å². The molecular weight excluding hydrogens is 388 g/mol. The number of carbonyl (C=O) groups is 1. The summed E-state index contributed by atoms with van der Waals surface area (Å²) < 4.78 is 5.86. The molecule has 1 amide bonds. The Bertz CT molecular complexity index is 1140. The van der Waals surface area contributed by atoms with E-state index in [1.807, 2.05) is 19.9 Å². The van der Waals surface area contributed by atoms with Crippen molar-refractivity contribution in [1.29, 1.82) is 0 Å². The smallest absolute Gasteiger partial charge is 0.287 e. The van der Waals surface area contributed by atoms with Gasteiger partial charge in [0.1, 0.15) is 5.58 Å². The molecule has 3 aromatic rings. The Morgan fingerprint density at radius 3 is 2.48 bits per heavy atom. The molecule has 162 valence electrons. The number of hydrogen-bond acceptors (Lipinski definition) is 4. The zero-order valence-electron chi connectivity index (χ0n) is 18.5. The van der Waals surface area contributed by atoms with Crippen molar-refractivity contribution in [1.82, 2.24) is 10.2 Å². The van der Waals surface area contributed by atoms with Crippen LogP contribution in [0.1, 0.15) is 58.6 Å². The topological polar surface area (TPSA) is 62.6 Å². The molecular formula is C26H30N2O3. The Labute approximate surface area is 183 Å². The lowest BCUT2D eigenvalue weighted by molar-refractivity contribution is 0.0910. The summed E-state index contributed by atoms with van der Waals surface area (Å²) >= 11 is 0. The molecule has 5 heteroatoms. The first kappa shape index (κ1) is 21.3. The van der Waals surface area contributed by atoms with Crippen LogP contribution in [-0.4, -0.2) is 30.4 Å². The summed E-state index contributed by atoms with van der Waals surface area (Å²) in [7, 11) is 0. The fourth-order valence-electron chi connectivity index (χ4n) is 4.48. The number of nitrogens with zero attached hydrogens (tertiary/aromatic N) is 1. The molecule has 1 aliphatic rings. The molecule has 1 aromatic heterocycles. The van der Waals surface area contributed by atoms with Crippen LogP contribution in [0, 0.1) is 13.8 Å².